The Bertz CT molecular complexity index is 137. The molecule has 3 nitrogen and oxygen atoms in total. The van der Waals surface area contributed by atoms with E-state index >= 15 is 0 Å². The van der Waals surface area contributed by atoms with Gasteiger partial charge in [0.15, 0.2) is 0 Å². The maximum absolute atomic E-state index is 10.8. The van der Waals surface area contributed by atoms with Gasteiger partial charge < -0.3 is 9.84 Å². The number of aliphatic hydroxyl groups excluding tert-OH is 1. The minimum atomic E-state index is -0.502. The van der Waals surface area contributed by atoms with Crippen LogP contribution in [-0.2, 0) is 9.53 Å². The Hall–Kier alpha value is -0.220. The molecule has 1 heterocycles. The van der Waals surface area contributed by atoms with Crippen LogP contribution in [0.15, 0.2) is 0 Å². The van der Waals surface area contributed by atoms with Gasteiger partial charge in [0.25, 0.3) is 0 Å². The Kier molecular flexibility index (Phi) is 2.56. The Morgan fingerprint density at radius 2 is 2.40 bits per heavy atom. The fourth-order valence-corrected chi connectivity index (χ4v) is 2.14. The van der Waals surface area contributed by atoms with Crippen LogP contribution >= 0.6 is 11.8 Å². The Balaban J connectivity index is 2.46. The summed E-state index contributed by atoms with van der Waals surface area (Å²) in [7, 11) is 1.35. The molecule has 1 saturated heterocycles. The highest BCUT2D eigenvalue weighted by Crippen LogP contribution is 2.24. The van der Waals surface area contributed by atoms with Crippen LogP contribution in [0.5, 0.6) is 0 Å². The quantitative estimate of drug-likeness (QED) is 0.546. The fourth-order valence-electron chi connectivity index (χ4n) is 0.919. The monoisotopic (exact) mass is 162 g/mol. The molecular formula is C6H10O3S. The van der Waals surface area contributed by atoms with E-state index in [1.807, 2.05) is 0 Å². The molecule has 10 heavy (non-hydrogen) atoms. The summed E-state index contributed by atoms with van der Waals surface area (Å²) in [6, 6.07) is 0. The molecule has 1 N–H and O–H groups in total. The van der Waals surface area contributed by atoms with Crippen LogP contribution in [0.1, 0.15) is 0 Å². The standard InChI is InChI=1S/C6H10O3S/c1-9-6(8)4-2-10-3-5(4)7/h4-5,7H,2-3H2,1H3. The number of hydrogen-bond acceptors (Lipinski definition) is 4. The van der Waals surface area contributed by atoms with Gasteiger partial charge in [-0.15, -0.1) is 0 Å². The van der Waals surface area contributed by atoms with Gasteiger partial charge in [-0.05, 0) is 0 Å². The average molecular weight is 162 g/mol. The van der Waals surface area contributed by atoms with Crippen LogP contribution in [0, 0.1) is 5.92 Å². The zero-order valence-electron chi connectivity index (χ0n) is 5.74. The van der Waals surface area contributed by atoms with E-state index in [4.69, 9.17) is 5.11 Å². The highest BCUT2D eigenvalue weighted by Gasteiger charge is 2.32. The number of aliphatic hydroxyl groups is 1. The van der Waals surface area contributed by atoms with Gasteiger partial charge in [-0.1, -0.05) is 0 Å². The molecule has 0 spiro atoms. The lowest BCUT2D eigenvalue weighted by Gasteiger charge is -2.09. The second-order valence-electron chi connectivity index (χ2n) is 2.23. The SMILES string of the molecule is COC(=O)C1CSCC1O. The Labute approximate surface area is 63.8 Å². The third-order valence-electron chi connectivity index (χ3n) is 1.55. The molecule has 0 aliphatic carbocycles. The summed E-state index contributed by atoms with van der Waals surface area (Å²) in [6.07, 6.45) is -0.502. The number of methoxy groups -OCH3 is 1. The number of ether oxygens (including phenoxy) is 1. The lowest BCUT2D eigenvalue weighted by molar-refractivity contribution is -0.147. The van der Waals surface area contributed by atoms with E-state index in [1.165, 1.54) is 7.11 Å². The van der Waals surface area contributed by atoms with E-state index < -0.39 is 6.10 Å². The van der Waals surface area contributed by atoms with Crippen molar-refractivity contribution in [3.8, 4) is 0 Å². The molecule has 0 amide bonds. The largest absolute Gasteiger partial charge is 0.469 e. The third-order valence-corrected chi connectivity index (χ3v) is 2.73. The molecule has 2 unspecified atom stereocenters. The number of carbonyl (C=O) groups is 1. The van der Waals surface area contributed by atoms with E-state index in [-0.39, 0.29) is 11.9 Å². The van der Waals surface area contributed by atoms with Gasteiger partial charge in [0.2, 0.25) is 0 Å². The lowest BCUT2D eigenvalue weighted by atomic mass is 10.1. The van der Waals surface area contributed by atoms with Crippen molar-refractivity contribution in [2.24, 2.45) is 5.92 Å². The molecule has 0 bridgehead atoms. The first-order valence-electron chi connectivity index (χ1n) is 3.09. The number of thioether (sulfide) groups is 1. The van der Waals surface area contributed by atoms with Crippen LogP contribution in [0.3, 0.4) is 0 Å². The molecule has 0 radical (unpaired) electrons. The zero-order valence-corrected chi connectivity index (χ0v) is 6.56. The Morgan fingerprint density at radius 1 is 1.70 bits per heavy atom. The van der Waals surface area contributed by atoms with Crippen molar-refractivity contribution in [2.75, 3.05) is 18.6 Å². The van der Waals surface area contributed by atoms with Crippen LogP contribution in [-0.4, -0.2) is 35.8 Å². The first-order valence-corrected chi connectivity index (χ1v) is 4.25. The molecule has 1 aliphatic heterocycles. The summed E-state index contributed by atoms with van der Waals surface area (Å²) >= 11 is 1.58. The maximum Gasteiger partial charge on any atom is 0.312 e. The molecule has 0 aromatic heterocycles. The van der Waals surface area contributed by atoms with Crippen molar-refractivity contribution in [1.29, 1.82) is 0 Å². The molecular weight excluding hydrogens is 152 g/mol. The summed E-state index contributed by atoms with van der Waals surface area (Å²) in [5, 5.41) is 9.17. The molecule has 1 fully saturated rings. The number of esters is 1. The third kappa shape index (κ3) is 1.44. The number of rotatable bonds is 1. The predicted octanol–water partition coefficient (Wildman–Crippen LogP) is -0.117. The summed E-state index contributed by atoms with van der Waals surface area (Å²) in [6.45, 7) is 0. The van der Waals surface area contributed by atoms with Crippen molar-refractivity contribution in [2.45, 2.75) is 6.10 Å². The predicted molar refractivity (Wildman–Crippen MR) is 38.8 cm³/mol. The molecule has 0 aromatic rings. The lowest BCUT2D eigenvalue weighted by Crippen LogP contribution is -2.27. The van der Waals surface area contributed by atoms with E-state index in [9.17, 15) is 4.79 Å². The minimum Gasteiger partial charge on any atom is -0.469 e. The molecule has 0 saturated carbocycles. The van der Waals surface area contributed by atoms with Gasteiger partial charge in [0.1, 0.15) is 0 Å². The second kappa shape index (κ2) is 3.25. The number of hydrogen-bond donors (Lipinski definition) is 1. The van der Waals surface area contributed by atoms with Gasteiger partial charge >= 0.3 is 5.97 Å². The van der Waals surface area contributed by atoms with E-state index in [1.54, 1.807) is 11.8 Å². The van der Waals surface area contributed by atoms with E-state index in [0.29, 0.717) is 11.5 Å². The summed E-state index contributed by atoms with van der Waals surface area (Å²) in [4.78, 5) is 10.8. The van der Waals surface area contributed by atoms with E-state index in [2.05, 4.69) is 4.74 Å². The smallest absolute Gasteiger partial charge is 0.312 e. The summed E-state index contributed by atoms with van der Waals surface area (Å²) in [5.41, 5.74) is 0. The van der Waals surface area contributed by atoms with Crippen molar-refractivity contribution in [3.63, 3.8) is 0 Å². The van der Waals surface area contributed by atoms with Crippen molar-refractivity contribution in [3.05, 3.63) is 0 Å². The molecule has 4 heteroatoms. The normalized spacial score (nSPS) is 32.2. The van der Waals surface area contributed by atoms with Crippen molar-refractivity contribution >= 4 is 17.7 Å². The fraction of sp³-hybridized carbons (Fsp3) is 0.833. The highest BCUT2D eigenvalue weighted by atomic mass is 32.2. The molecule has 2 atom stereocenters. The molecule has 1 aliphatic rings. The first-order chi connectivity index (χ1) is 4.75. The van der Waals surface area contributed by atoms with E-state index in [0.717, 1.165) is 0 Å². The van der Waals surface area contributed by atoms with Crippen LogP contribution < -0.4 is 0 Å². The van der Waals surface area contributed by atoms with Gasteiger partial charge in [-0.2, -0.15) is 11.8 Å². The van der Waals surface area contributed by atoms with Crippen molar-refractivity contribution in [1.82, 2.24) is 0 Å². The zero-order chi connectivity index (χ0) is 7.56. The summed E-state index contributed by atoms with van der Waals surface area (Å²) < 4.78 is 4.49. The van der Waals surface area contributed by atoms with Gasteiger partial charge in [-0.25, -0.2) is 0 Å². The van der Waals surface area contributed by atoms with Gasteiger partial charge in [0.05, 0.1) is 19.1 Å². The Morgan fingerprint density at radius 3 is 2.80 bits per heavy atom. The highest BCUT2D eigenvalue weighted by molar-refractivity contribution is 7.99. The maximum atomic E-state index is 10.8. The topological polar surface area (TPSA) is 46.5 Å². The number of carbonyl (C=O) groups excluding carboxylic acids is 1. The van der Waals surface area contributed by atoms with Crippen LogP contribution in [0.25, 0.3) is 0 Å². The summed E-state index contributed by atoms with van der Waals surface area (Å²) in [5.74, 6) is 0.751. The second-order valence-corrected chi connectivity index (χ2v) is 3.31. The first kappa shape index (κ1) is 7.88. The van der Waals surface area contributed by atoms with Crippen LogP contribution in [0.2, 0.25) is 0 Å². The molecule has 1 rings (SSSR count). The van der Waals surface area contributed by atoms with Gasteiger partial charge in [-0.3, -0.25) is 4.79 Å². The van der Waals surface area contributed by atoms with Crippen molar-refractivity contribution < 1.29 is 14.6 Å². The average Bonchev–Trinajstić information content (AvgIpc) is 2.34. The molecule has 0 aromatic carbocycles. The van der Waals surface area contributed by atoms with Gasteiger partial charge in [0, 0.05) is 11.5 Å². The molecule has 58 valence electrons. The minimum absolute atomic E-state index is 0.294. The van der Waals surface area contributed by atoms with Crippen LogP contribution in [0.4, 0.5) is 0 Å².